The molecular formula is C19H20N+. The summed E-state index contributed by atoms with van der Waals surface area (Å²) in [6, 6.07) is 17.4. The molecule has 0 fully saturated rings. The highest BCUT2D eigenvalue weighted by Crippen LogP contribution is 2.22. The Morgan fingerprint density at radius 3 is 2.55 bits per heavy atom. The average molecular weight is 262 g/mol. The van der Waals surface area contributed by atoms with Crippen molar-refractivity contribution in [3.63, 3.8) is 0 Å². The molecule has 0 radical (unpaired) electrons. The number of aromatic nitrogens is 1. The molecule has 1 heterocycles. The number of hydrogen-bond donors (Lipinski definition) is 0. The number of pyridine rings is 1. The normalized spacial score (nSPS) is 10.9. The fraction of sp³-hybridized carbons (Fsp3) is 0.211. The van der Waals surface area contributed by atoms with Crippen LogP contribution in [0.3, 0.4) is 0 Å². The minimum absolute atomic E-state index is 0.989. The van der Waals surface area contributed by atoms with Crippen LogP contribution in [0.1, 0.15) is 22.4 Å². The van der Waals surface area contributed by atoms with Crippen molar-refractivity contribution >= 4 is 10.8 Å². The van der Waals surface area contributed by atoms with E-state index in [9.17, 15) is 0 Å². The third kappa shape index (κ3) is 2.32. The van der Waals surface area contributed by atoms with Gasteiger partial charge in [0.05, 0.1) is 0 Å². The second kappa shape index (κ2) is 5.09. The number of benzene rings is 2. The van der Waals surface area contributed by atoms with Crippen LogP contribution < -0.4 is 4.57 Å². The molecule has 0 aliphatic heterocycles. The molecule has 0 aliphatic carbocycles. The third-order valence-corrected chi connectivity index (χ3v) is 4.05. The van der Waals surface area contributed by atoms with Gasteiger partial charge in [0.2, 0.25) is 0 Å². The molecule has 2 aromatic carbocycles. The predicted octanol–water partition coefficient (Wildman–Crippen LogP) is 3.87. The lowest BCUT2D eigenvalue weighted by molar-refractivity contribution is -0.676. The number of aryl methyl sites for hydroxylation is 2. The maximum atomic E-state index is 2.28. The van der Waals surface area contributed by atoms with Crippen molar-refractivity contribution in [2.24, 2.45) is 7.05 Å². The first kappa shape index (κ1) is 12.9. The van der Waals surface area contributed by atoms with Crippen LogP contribution in [0.5, 0.6) is 0 Å². The molecule has 3 aromatic rings. The second-order valence-corrected chi connectivity index (χ2v) is 5.56. The highest BCUT2D eigenvalue weighted by molar-refractivity contribution is 5.85. The van der Waals surface area contributed by atoms with Gasteiger partial charge in [0.25, 0.3) is 0 Å². The first-order valence-electron chi connectivity index (χ1n) is 7.07. The number of hydrogen-bond acceptors (Lipinski definition) is 0. The van der Waals surface area contributed by atoms with Gasteiger partial charge >= 0.3 is 0 Å². The monoisotopic (exact) mass is 262 g/mol. The first-order valence-corrected chi connectivity index (χ1v) is 7.07. The first-order chi connectivity index (χ1) is 9.65. The molecule has 0 atom stereocenters. The van der Waals surface area contributed by atoms with Crippen LogP contribution in [-0.2, 0) is 13.5 Å². The molecule has 100 valence electrons. The van der Waals surface area contributed by atoms with E-state index in [-0.39, 0.29) is 0 Å². The Bertz CT molecular complexity index is 772. The Morgan fingerprint density at radius 1 is 0.950 bits per heavy atom. The molecule has 0 aliphatic rings. The standard InChI is InChI=1S/C19H20N/c1-14-7-6-8-16(11-14)12-19-15(2)20(3)13-17-9-4-5-10-18(17)19/h4-11,13H,12H2,1-3H3/q+1. The van der Waals surface area contributed by atoms with E-state index in [2.05, 4.69) is 80.2 Å². The van der Waals surface area contributed by atoms with Crippen LogP contribution in [0.25, 0.3) is 10.8 Å². The Labute approximate surface area is 120 Å². The van der Waals surface area contributed by atoms with E-state index in [0.717, 1.165) is 6.42 Å². The number of fused-ring (bicyclic) bond motifs is 1. The van der Waals surface area contributed by atoms with Crippen molar-refractivity contribution in [1.29, 1.82) is 0 Å². The van der Waals surface area contributed by atoms with Crippen LogP contribution in [0.15, 0.2) is 54.7 Å². The summed E-state index contributed by atoms with van der Waals surface area (Å²) < 4.78 is 2.23. The zero-order chi connectivity index (χ0) is 14.1. The maximum Gasteiger partial charge on any atom is 0.182 e. The van der Waals surface area contributed by atoms with E-state index in [1.165, 1.54) is 33.2 Å². The summed E-state index contributed by atoms with van der Waals surface area (Å²) in [5.74, 6) is 0. The van der Waals surface area contributed by atoms with Crippen molar-refractivity contribution < 1.29 is 4.57 Å². The van der Waals surface area contributed by atoms with Gasteiger partial charge in [-0.3, -0.25) is 0 Å². The molecule has 0 unspecified atom stereocenters. The van der Waals surface area contributed by atoms with Crippen molar-refractivity contribution in [2.75, 3.05) is 0 Å². The Balaban J connectivity index is 2.17. The number of nitrogens with zero attached hydrogens (tertiary/aromatic N) is 1. The van der Waals surface area contributed by atoms with Crippen molar-refractivity contribution in [1.82, 2.24) is 0 Å². The summed E-state index contributed by atoms with van der Waals surface area (Å²) in [6.07, 6.45) is 3.20. The smallest absolute Gasteiger partial charge is 0.182 e. The van der Waals surface area contributed by atoms with E-state index in [1.54, 1.807) is 0 Å². The van der Waals surface area contributed by atoms with Crippen LogP contribution in [0, 0.1) is 13.8 Å². The summed E-state index contributed by atoms with van der Waals surface area (Å²) in [4.78, 5) is 0. The maximum absolute atomic E-state index is 2.28. The number of rotatable bonds is 2. The zero-order valence-electron chi connectivity index (χ0n) is 12.4. The van der Waals surface area contributed by atoms with E-state index >= 15 is 0 Å². The van der Waals surface area contributed by atoms with Crippen molar-refractivity contribution in [3.8, 4) is 0 Å². The van der Waals surface area contributed by atoms with Gasteiger partial charge in [-0.15, -0.1) is 0 Å². The van der Waals surface area contributed by atoms with Gasteiger partial charge in [0.1, 0.15) is 7.05 Å². The lowest BCUT2D eigenvalue weighted by Crippen LogP contribution is -2.32. The Morgan fingerprint density at radius 2 is 1.75 bits per heavy atom. The molecule has 0 N–H and O–H groups in total. The van der Waals surface area contributed by atoms with Crippen LogP contribution in [-0.4, -0.2) is 0 Å². The minimum atomic E-state index is 0.989. The van der Waals surface area contributed by atoms with Gasteiger partial charge in [-0.2, -0.15) is 0 Å². The zero-order valence-corrected chi connectivity index (χ0v) is 12.4. The second-order valence-electron chi connectivity index (χ2n) is 5.56. The van der Waals surface area contributed by atoms with Gasteiger partial charge in [-0.05, 0) is 23.9 Å². The summed E-state index contributed by atoms with van der Waals surface area (Å²) in [5, 5.41) is 2.67. The van der Waals surface area contributed by atoms with Gasteiger partial charge in [-0.25, -0.2) is 4.57 Å². The van der Waals surface area contributed by atoms with Gasteiger partial charge in [0.15, 0.2) is 11.9 Å². The molecule has 3 rings (SSSR count). The van der Waals surface area contributed by atoms with E-state index in [1.807, 2.05) is 0 Å². The summed E-state index contributed by atoms with van der Waals surface area (Å²) in [7, 11) is 2.13. The molecule has 0 saturated carbocycles. The van der Waals surface area contributed by atoms with Crippen molar-refractivity contribution in [3.05, 3.63) is 77.1 Å². The highest BCUT2D eigenvalue weighted by atomic mass is 14.9. The molecular weight excluding hydrogens is 242 g/mol. The lowest BCUT2D eigenvalue weighted by Gasteiger charge is -2.09. The third-order valence-electron chi connectivity index (χ3n) is 4.05. The topological polar surface area (TPSA) is 3.88 Å². The van der Waals surface area contributed by atoms with E-state index in [0.29, 0.717) is 0 Å². The van der Waals surface area contributed by atoms with Crippen molar-refractivity contribution in [2.45, 2.75) is 20.3 Å². The summed E-state index contributed by atoms with van der Waals surface area (Å²) in [5.41, 5.74) is 5.47. The van der Waals surface area contributed by atoms with Crippen LogP contribution in [0.2, 0.25) is 0 Å². The minimum Gasteiger partial charge on any atom is -0.205 e. The van der Waals surface area contributed by atoms with Gasteiger partial charge in [-0.1, -0.05) is 48.0 Å². The Kier molecular flexibility index (Phi) is 3.27. The SMILES string of the molecule is Cc1cccc(Cc2c(C)[n+](C)cc3ccccc23)c1. The summed E-state index contributed by atoms with van der Waals surface area (Å²) in [6.45, 7) is 4.36. The van der Waals surface area contributed by atoms with E-state index in [4.69, 9.17) is 0 Å². The summed E-state index contributed by atoms with van der Waals surface area (Å²) >= 11 is 0. The Hall–Kier alpha value is -2.15. The molecule has 1 aromatic heterocycles. The fourth-order valence-corrected chi connectivity index (χ4v) is 2.85. The highest BCUT2D eigenvalue weighted by Gasteiger charge is 2.14. The van der Waals surface area contributed by atoms with Crippen LogP contribution >= 0.6 is 0 Å². The van der Waals surface area contributed by atoms with Crippen LogP contribution in [0.4, 0.5) is 0 Å². The molecule has 0 spiro atoms. The average Bonchev–Trinajstić information content (AvgIpc) is 2.44. The quantitative estimate of drug-likeness (QED) is 0.617. The molecule has 0 amide bonds. The molecule has 0 bridgehead atoms. The van der Waals surface area contributed by atoms with E-state index < -0.39 is 0 Å². The molecule has 1 heteroatoms. The largest absolute Gasteiger partial charge is 0.205 e. The molecule has 20 heavy (non-hydrogen) atoms. The predicted molar refractivity (Wildman–Crippen MR) is 83.8 cm³/mol. The molecule has 0 saturated heterocycles. The molecule has 1 nitrogen and oxygen atoms in total. The van der Waals surface area contributed by atoms with Gasteiger partial charge < -0.3 is 0 Å². The lowest BCUT2D eigenvalue weighted by atomic mass is 9.97. The van der Waals surface area contributed by atoms with Gasteiger partial charge in [0, 0.05) is 24.3 Å². The fourth-order valence-electron chi connectivity index (χ4n) is 2.85.